The molecular weight excluding hydrogens is 377 g/mol. The number of aryl methyl sites for hydroxylation is 2. The molecule has 138 valence electrons. The highest BCUT2D eigenvalue weighted by atomic mass is 35.5. The van der Waals surface area contributed by atoms with E-state index in [0.29, 0.717) is 27.0 Å². The smallest absolute Gasteiger partial charge is 0.341 e. The van der Waals surface area contributed by atoms with Crippen LogP contribution in [0.5, 0.6) is 0 Å². The van der Waals surface area contributed by atoms with Gasteiger partial charge in [0.1, 0.15) is 0 Å². The Kier molecular flexibility index (Phi) is 6.89. The molecule has 0 aliphatic rings. The Morgan fingerprint density at radius 2 is 1.92 bits per heavy atom. The van der Waals surface area contributed by atoms with Crippen LogP contribution in [0.1, 0.15) is 23.6 Å². The maximum atomic E-state index is 11.9. The van der Waals surface area contributed by atoms with Crippen LogP contribution >= 0.6 is 23.2 Å². The van der Waals surface area contributed by atoms with Crippen molar-refractivity contribution < 1.29 is 19.4 Å². The van der Waals surface area contributed by atoms with Crippen LogP contribution in [-0.4, -0.2) is 23.7 Å². The van der Waals surface area contributed by atoms with Gasteiger partial charge in [0.15, 0.2) is 6.61 Å². The number of aliphatic carboxylic acids is 1. The van der Waals surface area contributed by atoms with Crippen LogP contribution in [0.25, 0.3) is 0 Å². The average molecular weight is 396 g/mol. The van der Waals surface area contributed by atoms with E-state index in [1.807, 2.05) is 32.0 Å². The molecule has 0 radical (unpaired) electrons. The van der Waals surface area contributed by atoms with Crippen molar-refractivity contribution in [3.63, 3.8) is 0 Å². The van der Waals surface area contributed by atoms with Crippen LogP contribution in [0.3, 0.4) is 0 Å². The molecule has 0 bridgehead atoms. The normalized spacial score (nSPS) is 10.5. The maximum Gasteiger partial charge on any atom is 0.341 e. The minimum absolute atomic E-state index is 0.0479. The lowest BCUT2D eigenvalue weighted by Gasteiger charge is -2.16. The Morgan fingerprint density at radius 1 is 1.19 bits per heavy atom. The van der Waals surface area contributed by atoms with Gasteiger partial charge in [0, 0.05) is 10.7 Å². The Bertz CT molecular complexity index is 813. The van der Waals surface area contributed by atoms with Crippen molar-refractivity contribution in [2.75, 3.05) is 11.9 Å². The van der Waals surface area contributed by atoms with Gasteiger partial charge in [-0.15, -0.1) is 0 Å². The number of esters is 1. The minimum atomic E-state index is -1.19. The first kappa shape index (κ1) is 20.1. The SMILES string of the molecule is CCc1ccc(Nc2c(C)cc(Cl)cc2Cl)c(CC(=O)OCC(=O)O)c1. The monoisotopic (exact) mass is 395 g/mol. The summed E-state index contributed by atoms with van der Waals surface area (Å²) in [6, 6.07) is 9.14. The topological polar surface area (TPSA) is 75.6 Å². The Hall–Kier alpha value is -2.24. The first-order valence-corrected chi connectivity index (χ1v) is 8.77. The van der Waals surface area contributed by atoms with Crippen molar-refractivity contribution in [3.05, 3.63) is 57.1 Å². The third kappa shape index (κ3) is 5.38. The van der Waals surface area contributed by atoms with E-state index < -0.39 is 18.5 Å². The van der Waals surface area contributed by atoms with E-state index in [1.54, 1.807) is 12.1 Å². The summed E-state index contributed by atoms with van der Waals surface area (Å²) in [5.74, 6) is -1.80. The van der Waals surface area contributed by atoms with E-state index in [2.05, 4.69) is 5.32 Å². The number of ether oxygens (including phenoxy) is 1. The summed E-state index contributed by atoms with van der Waals surface area (Å²) in [6.07, 6.45) is 0.756. The second-order valence-corrected chi connectivity index (χ2v) is 6.62. The molecule has 26 heavy (non-hydrogen) atoms. The molecule has 2 aromatic rings. The number of carbonyl (C=O) groups excluding carboxylic acids is 1. The summed E-state index contributed by atoms with van der Waals surface area (Å²) < 4.78 is 4.74. The first-order valence-electron chi connectivity index (χ1n) is 8.02. The number of benzene rings is 2. The van der Waals surface area contributed by atoms with Crippen molar-refractivity contribution in [2.45, 2.75) is 26.7 Å². The van der Waals surface area contributed by atoms with E-state index in [-0.39, 0.29) is 6.42 Å². The van der Waals surface area contributed by atoms with E-state index in [1.165, 1.54) is 0 Å². The molecule has 2 N–H and O–H groups in total. The molecule has 0 saturated heterocycles. The predicted octanol–water partition coefficient (Wildman–Crippen LogP) is 4.78. The molecule has 2 aromatic carbocycles. The third-order valence-electron chi connectivity index (χ3n) is 3.78. The van der Waals surface area contributed by atoms with Crippen LogP contribution in [0, 0.1) is 6.92 Å². The number of carboxylic acids is 1. The fourth-order valence-electron chi connectivity index (χ4n) is 2.48. The number of carbonyl (C=O) groups is 2. The number of rotatable bonds is 7. The standard InChI is InChI=1S/C19H19Cl2NO4/c1-3-12-4-5-16(13(7-12)8-18(25)26-10-17(23)24)22-19-11(2)6-14(20)9-15(19)21/h4-7,9,22H,3,8,10H2,1-2H3,(H,23,24). The molecule has 0 aromatic heterocycles. The van der Waals surface area contributed by atoms with Crippen LogP contribution in [0.2, 0.25) is 10.0 Å². The van der Waals surface area contributed by atoms with Gasteiger partial charge in [-0.3, -0.25) is 4.79 Å². The number of halogens is 2. The van der Waals surface area contributed by atoms with Gasteiger partial charge in [0.25, 0.3) is 0 Å². The zero-order valence-electron chi connectivity index (χ0n) is 14.4. The van der Waals surface area contributed by atoms with Gasteiger partial charge >= 0.3 is 11.9 Å². The van der Waals surface area contributed by atoms with Crippen molar-refractivity contribution in [3.8, 4) is 0 Å². The largest absolute Gasteiger partial charge is 0.479 e. The molecule has 0 aliphatic heterocycles. The number of hydrogen-bond donors (Lipinski definition) is 2. The lowest BCUT2D eigenvalue weighted by molar-refractivity contribution is -0.154. The number of carboxylic acid groups (broad SMARTS) is 1. The second-order valence-electron chi connectivity index (χ2n) is 5.78. The van der Waals surface area contributed by atoms with Crippen molar-refractivity contribution in [2.24, 2.45) is 0 Å². The molecule has 0 amide bonds. The molecule has 0 heterocycles. The molecule has 7 heteroatoms. The molecule has 5 nitrogen and oxygen atoms in total. The molecule has 0 atom stereocenters. The highest BCUT2D eigenvalue weighted by Crippen LogP contribution is 2.33. The summed E-state index contributed by atoms with van der Waals surface area (Å²) in [7, 11) is 0. The molecule has 0 saturated carbocycles. The minimum Gasteiger partial charge on any atom is -0.479 e. The molecule has 0 fully saturated rings. The van der Waals surface area contributed by atoms with Crippen LogP contribution < -0.4 is 5.32 Å². The number of hydrogen-bond acceptors (Lipinski definition) is 4. The van der Waals surface area contributed by atoms with Crippen LogP contribution in [0.15, 0.2) is 30.3 Å². The van der Waals surface area contributed by atoms with Crippen LogP contribution in [0.4, 0.5) is 11.4 Å². The van der Waals surface area contributed by atoms with E-state index in [0.717, 1.165) is 17.5 Å². The van der Waals surface area contributed by atoms with Gasteiger partial charge < -0.3 is 15.2 Å². The molecular formula is C19H19Cl2NO4. The third-order valence-corrected chi connectivity index (χ3v) is 4.30. The summed E-state index contributed by atoms with van der Waals surface area (Å²) in [6.45, 7) is 3.23. The van der Waals surface area contributed by atoms with Crippen molar-refractivity contribution in [1.29, 1.82) is 0 Å². The van der Waals surface area contributed by atoms with E-state index in [4.69, 9.17) is 33.0 Å². The predicted molar refractivity (Wildman–Crippen MR) is 103 cm³/mol. The van der Waals surface area contributed by atoms with Gasteiger partial charge in [0.05, 0.1) is 17.1 Å². The maximum absolute atomic E-state index is 11.9. The van der Waals surface area contributed by atoms with E-state index >= 15 is 0 Å². The fraction of sp³-hybridized carbons (Fsp3) is 0.263. The van der Waals surface area contributed by atoms with Crippen molar-refractivity contribution >= 4 is 46.5 Å². The molecule has 2 rings (SSSR count). The summed E-state index contributed by atoms with van der Waals surface area (Å²) in [4.78, 5) is 22.5. The van der Waals surface area contributed by atoms with Gasteiger partial charge in [0.2, 0.25) is 0 Å². The van der Waals surface area contributed by atoms with Gasteiger partial charge in [-0.1, -0.05) is 42.3 Å². The zero-order valence-corrected chi connectivity index (χ0v) is 15.9. The fourth-order valence-corrected chi connectivity index (χ4v) is 3.12. The Morgan fingerprint density at radius 3 is 2.54 bits per heavy atom. The first-order chi connectivity index (χ1) is 12.3. The summed E-state index contributed by atoms with van der Waals surface area (Å²) in [5.41, 5.74) is 4.00. The average Bonchev–Trinajstić information content (AvgIpc) is 2.57. The lowest BCUT2D eigenvalue weighted by Crippen LogP contribution is -2.15. The highest BCUT2D eigenvalue weighted by Gasteiger charge is 2.14. The van der Waals surface area contributed by atoms with Gasteiger partial charge in [-0.2, -0.15) is 0 Å². The molecule has 0 unspecified atom stereocenters. The Labute approximate surface area is 161 Å². The van der Waals surface area contributed by atoms with Crippen LogP contribution in [-0.2, 0) is 27.2 Å². The van der Waals surface area contributed by atoms with E-state index in [9.17, 15) is 9.59 Å². The molecule has 0 aliphatic carbocycles. The second kappa shape index (κ2) is 8.92. The summed E-state index contributed by atoms with van der Waals surface area (Å²) in [5, 5.41) is 12.9. The Balaban J connectivity index is 2.31. The van der Waals surface area contributed by atoms with Gasteiger partial charge in [-0.25, -0.2) is 4.79 Å². The highest BCUT2D eigenvalue weighted by molar-refractivity contribution is 6.36. The van der Waals surface area contributed by atoms with Crippen molar-refractivity contribution in [1.82, 2.24) is 0 Å². The molecule has 0 spiro atoms. The van der Waals surface area contributed by atoms with Gasteiger partial charge in [-0.05, 0) is 48.2 Å². The zero-order chi connectivity index (χ0) is 19.3. The number of anilines is 2. The number of nitrogens with one attached hydrogen (secondary N) is 1. The lowest BCUT2D eigenvalue weighted by atomic mass is 10.0. The quantitative estimate of drug-likeness (QED) is 0.659. The summed E-state index contributed by atoms with van der Waals surface area (Å²) >= 11 is 12.3.